The zero-order valence-electron chi connectivity index (χ0n) is 14.6. The van der Waals surface area contributed by atoms with Crippen molar-refractivity contribution in [3.05, 3.63) is 23.6 Å². The van der Waals surface area contributed by atoms with Crippen LogP contribution in [0.5, 0.6) is 0 Å². The van der Waals surface area contributed by atoms with Gasteiger partial charge in [0.1, 0.15) is 17.0 Å². The Hall–Kier alpha value is -2.18. The van der Waals surface area contributed by atoms with Crippen LogP contribution in [0.25, 0.3) is 0 Å². The molecule has 6 nitrogen and oxygen atoms in total. The number of anilines is 1. The number of carbonyl (C=O) groups is 2. The average Bonchev–Trinajstić information content (AvgIpc) is 2.29. The van der Waals surface area contributed by atoms with Gasteiger partial charge in [0.2, 0.25) is 0 Å². The molecule has 128 valence electrons. The van der Waals surface area contributed by atoms with Crippen molar-refractivity contribution < 1.29 is 23.5 Å². The summed E-state index contributed by atoms with van der Waals surface area (Å²) in [6.45, 7) is 11.4. The molecule has 0 aliphatic heterocycles. The largest absolute Gasteiger partial charge is 0.443 e. The molecule has 0 bridgehead atoms. The summed E-state index contributed by atoms with van der Waals surface area (Å²) >= 11 is 0. The first kappa shape index (κ1) is 18.9. The van der Waals surface area contributed by atoms with Gasteiger partial charge >= 0.3 is 12.2 Å². The molecule has 0 atom stereocenters. The van der Waals surface area contributed by atoms with Gasteiger partial charge in [-0.1, -0.05) is 0 Å². The predicted octanol–water partition coefficient (Wildman–Crippen LogP) is 4.21. The molecule has 23 heavy (non-hydrogen) atoms. The van der Waals surface area contributed by atoms with Crippen molar-refractivity contribution in [2.75, 3.05) is 4.90 Å². The highest BCUT2D eigenvalue weighted by Gasteiger charge is 2.33. The van der Waals surface area contributed by atoms with Crippen LogP contribution >= 0.6 is 0 Å². The van der Waals surface area contributed by atoms with Crippen LogP contribution in [0, 0.1) is 12.7 Å². The van der Waals surface area contributed by atoms with Crippen LogP contribution in [0.2, 0.25) is 0 Å². The highest BCUT2D eigenvalue weighted by molar-refractivity contribution is 6.08. The smallest absolute Gasteiger partial charge is 0.425 e. The van der Waals surface area contributed by atoms with E-state index in [1.54, 1.807) is 41.5 Å². The number of halogens is 1. The Labute approximate surface area is 135 Å². The molecule has 1 rings (SSSR count). The van der Waals surface area contributed by atoms with Crippen LogP contribution in [-0.4, -0.2) is 28.4 Å². The topological polar surface area (TPSA) is 68.7 Å². The summed E-state index contributed by atoms with van der Waals surface area (Å²) in [7, 11) is 0. The maximum atomic E-state index is 13.8. The lowest BCUT2D eigenvalue weighted by Crippen LogP contribution is -2.44. The molecule has 0 saturated heterocycles. The Balaban J connectivity index is 3.22. The van der Waals surface area contributed by atoms with E-state index in [-0.39, 0.29) is 5.82 Å². The molecular formula is C16H23FN2O4. The van der Waals surface area contributed by atoms with Crippen molar-refractivity contribution in [2.45, 2.75) is 59.7 Å². The van der Waals surface area contributed by atoms with Crippen molar-refractivity contribution >= 4 is 18.0 Å². The number of pyridine rings is 1. The molecule has 0 N–H and O–H groups in total. The van der Waals surface area contributed by atoms with Crippen molar-refractivity contribution in [1.29, 1.82) is 0 Å². The second kappa shape index (κ2) is 6.52. The monoisotopic (exact) mass is 326 g/mol. The van der Waals surface area contributed by atoms with E-state index in [2.05, 4.69) is 4.98 Å². The molecule has 7 heteroatoms. The van der Waals surface area contributed by atoms with Crippen molar-refractivity contribution in [3.8, 4) is 0 Å². The zero-order valence-corrected chi connectivity index (χ0v) is 14.6. The van der Waals surface area contributed by atoms with Crippen molar-refractivity contribution in [3.63, 3.8) is 0 Å². The van der Waals surface area contributed by atoms with E-state index in [4.69, 9.17) is 9.47 Å². The number of hydrogen-bond acceptors (Lipinski definition) is 5. The normalized spacial score (nSPS) is 11.8. The molecule has 0 unspecified atom stereocenters. The number of ether oxygens (including phenoxy) is 2. The predicted molar refractivity (Wildman–Crippen MR) is 83.9 cm³/mol. The van der Waals surface area contributed by atoms with Crippen molar-refractivity contribution in [2.24, 2.45) is 0 Å². The molecule has 0 fully saturated rings. The van der Waals surface area contributed by atoms with E-state index in [0.717, 1.165) is 6.07 Å². The molecule has 0 aliphatic carbocycles. The number of carbonyl (C=O) groups excluding carboxylic acids is 2. The molecule has 1 aromatic heterocycles. The minimum atomic E-state index is -0.984. The number of aromatic nitrogens is 1. The van der Waals surface area contributed by atoms with Gasteiger partial charge < -0.3 is 9.47 Å². The van der Waals surface area contributed by atoms with Gasteiger partial charge in [-0.15, -0.1) is 0 Å². The van der Waals surface area contributed by atoms with Gasteiger partial charge in [0.05, 0.1) is 0 Å². The Morgan fingerprint density at radius 2 is 1.48 bits per heavy atom. The van der Waals surface area contributed by atoms with E-state index < -0.39 is 29.2 Å². The Bertz CT molecular complexity index is 575. The highest BCUT2D eigenvalue weighted by Crippen LogP contribution is 2.21. The van der Waals surface area contributed by atoms with E-state index in [9.17, 15) is 14.0 Å². The van der Waals surface area contributed by atoms with E-state index in [1.807, 2.05) is 0 Å². The van der Waals surface area contributed by atoms with Gasteiger partial charge in [0, 0.05) is 17.8 Å². The zero-order chi connectivity index (χ0) is 18.0. The molecule has 0 aromatic carbocycles. The molecule has 0 radical (unpaired) electrons. The van der Waals surface area contributed by atoms with Crippen LogP contribution in [0.15, 0.2) is 12.3 Å². The number of nitrogens with zero attached hydrogens (tertiary/aromatic N) is 2. The fourth-order valence-corrected chi connectivity index (χ4v) is 1.49. The third-order valence-electron chi connectivity index (χ3n) is 2.40. The summed E-state index contributed by atoms with van der Waals surface area (Å²) in [5, 5.41) is 0. The van der Waals surface area contributed by atoms with Gasteiger partial charge in [0.25, 0.3) is 0 Å². The minimum Gasteiger partial charge on any atom is -0.443 e. The Morgan fingerprint density at radius 1 is 1.04 bits per heavy atom. The number of rotatable bonds is 1. The molecule has 2 amide bonds. The van der Waals surface area contributed by atoms with Gasteiger partial charge in [-0.3, -0.25) is 0 Å². The van der Waals surface area contributed by atoms with Gasteiger partial charge in [-0.25, -0.2) is 19.0 Å². The molecular weight excluding hydrogens is 303 g/mol. The van der Waals surface area contributed by atoms with E-state index in [0.29, 0.717) is 10.5 Å². The van der Waals surface area contributed by atoms with Gasteiger partial charge in [0.15, 0.2) is 5.82 Å². The number of hydrogen-bond donors (Lipinski definition) is 0. The Kier molecular flexibility index (Phi) is 5.35. The number of imide groups is 1. The van der Waals surface area contributed by atoms with Gasteiger partial charge in [-0.2, -0.15) is 4.90 Å². The summed E-state index contributed by atoms with van der Waals surface area (Å²) in [5.41, 5.74) is -1.37. The summed E-state index contributed by atoms with van der Waals surface area (Å²) in [6.07, 6.45) is -0.739. The lowest BCUT2D eigenvalue weighted by atomic mass is 10.2. The van der Waals surface area contributed by atoms with Crippen LogP contribution in [0.4, 0.5) is 19.8 Å². The molecule has 1 aromatic rings. The highest BCUT2D eigenvalue weighted by atomic mass is 19.1. The lowest BCUT2D eigenvalue weighted by molar-refractivity contribution is 0.0429. The fourth-order valence-electron chi connectivity index (χ4n) is 1.49. The summed E-state index contributed by atoms with van der Waals surface area (Å²) in [6, 6.07) is 0.989. The Morgan fingerprint density at radius 3 is 1.83 bits per heavy atom. The number of aryl methyl sites for hydroxylation is 1. The molecule has 0 spiro atoms. The first-order valence-electron chi connectivity index (χ1n) is 7.18. The molecule has 0 saturated carbocycles. The van der Waals surface area contributed by atoms with Crippen LogP contribution in [0.1, 0.15) is 47.1 Å². The standard InChI is InChI=1S/C16H23FN2O4/c1-10-9-18-12(8-11(10)17)19(13(20)22-15(2,3)4)14(21)23-16(5,6)7/h8-9H,1-7H3. The summed E-state index contributed by atoms with van der Waals surface area (Å²) in [4.78, 5) is 29.2. The van der Waals surface area contributed by atoms with E-state index >= 15 is 0 Å². The second-order valence-corrected chi connectivity index (χ2v) is 7.09. The van der Waals surface area contributed by atoms with E-state index in [1.165, 1.54) is 13.1 Å². The molecule has 0 aliphatic rings. The second-order valence-electron chi connectivity index (χ2n) is 7.09. The van der Waals surface area contributed by atoms with Crippen LogP contribution < -0.4 is 4.90 Å². The third-order valence-corrected chi connectivity index (χ3v) is 2.40. The first-order valence-corrected chi connectivity index (χ1v) is 7.18. The van der Waals surface area contributed by atoms with Crippen molar-refractivity contribution in [1.82, 2.24) is 4.98 Å². The molecule has 1 heterocycles. The maximum Gasteiger partial charge on any atom is 0.425 e. The fraction of sp³-hybridized carbons (Fsp3) is 0.562. The third kappa shape index (κ3) is 5.84. The minimum absolute atomic E-state index is 0.198. The summed E-state index contributed by atoms with van der Waals surface area (Å²) < 4.78 is 24.1. The number of amides is 2. The lowest BCUT2D eigenvalue weighted by Gasteiger charge is -2.28. The van der Waals surface area contributed by atoms with Crippen LogP contribution in [0.3, 0.4) is 0 Å². The average molecular weight is 326 g/mol. The first-order chi connectivity index (χ1) is 10.3. The van der Waals surface area contributed by atoms with Crippen LogP contribution in [-0.2, 0) is 9.47 Å². The maximum absolute atomic E-state index is 13.8. The SMILES string of the molecule is Cc1cnc(N(C(=O)OC(C)(C)C)C(=O)OC(C)(C)C)cc1F. The quantitative estimate of drug-likeness (QED) is 0.773. The van der Waals surface area contributed by atoms with Gasteiger partial charge in [-0.05, 0) is 48.5 Å². The summed E-state index contributed by atoms with van der Waals surface area (Å²) in [5.74, 6) is -0.788.